The van der Waals surface area contributed by atoms with E-state index in [1.165, 1.54) is 36.8 Å². The summed E-state index contributed by atoms with van der Waals surface area (Å²) in [6.45, 7) is 4.90. The van der Waals surface area contributed by atoms with E-state index in [-0.39, 0.29) is 24.4 Å². The largest absolute Gasteiger partial charge is 0.497 e. The number of hydrogen-bond donors (Lipinski definition) is 1. The Hall–Kier alpha value is -2.04. The minimum atomic E-state index is -0.0548. The molecule has 1 heterocycles. The topological polar surface area (TPSA) is 41.6 Å². The van der Waals surface area contributed by atoms with Crippen molar-refractivity contribution in [1.29, 1.82) is 0 Å². The summed E-state index contributed by atoms with van der Waals surface area (Å²) in [5.74, 6) is 0.645. The molecule has 1 atom stereocenters. The van der Waals surface area contributed by atoms with Gasteiger partial charge in [0.05, 0.1) is 13.2 Å². The van der Waals surface area contributed by atoms with Crippen LogP contribution in [0.4, 0.5) is 0 Å². The molecule has 0 aromatic heterocycles. The van der Waals surface area contributed by atoms with Crippen LogP contribution in [0.15, 0.2) is 48.5 Å². The van der Waals surface area contributed by atoms with E-state index in [4.69, 9.17) is 4.74 Å². The molecule has 28 heavy (non-hydrogen) atoms. The van der Waals surface area contributed by atoms with Gasteiger partial charge in [-0.25, -0.2) is 0 Å². The zero-order valence-corrected chi connectivity index (χ0v) is 17.6. The maximum atomic E-state index is 12.7. The summed E-state index contributed by atoms with van der Waals surface area (Å²) >= 11 is 0. The number of aryl methyl sites for hydroxylation is 1. The lowest BCUT2D eigenvalue weighted by Crippen LogP contribution is -2.38. The van der Waals surface area contributed by atoms with Gasteiger partial charge in [-0.3, -0.25) is 9.69 Å². The minimum Gasteiger partial charge on any atom is -0.497 e. The molecule has 1 N–H and O–H groups in total. The third-order valence-corrected chi connectivity index (χ3v) is 5.33. The van der Waals surface area contributed by atoms with Crippen molar-refractivity contribution < 1.29 is 9.53 Å². The van der Waals surface area contributed by atoms with Gasteiger partial charge in [0, 0.05) is 12.1 Å². The minimum absolute atomic E-state index is 0. The average molecular weight is 403 g/mol. The Morgan fingerprint density at radius 2 is 1.75 bits per heavy atom. The highest BCUT2D eigenvalue weighted by atomic mass is 35.5. The number of methoxy groups -OCH3 is 1. The zero-order chi connectivity index (χ0) is 19.1. The van der Waals surface area contributed by atoms with Crippen molar-refractivity contribution in [2.45, 2.75) is 38.6 Å². The number of benzene rings is 2. The fourth-order valence-electron chi connectivity index (χ4n) is 3.71. The second-order valence-electron chi connectivity index (χ2n) is 7.32. The molecule has 1 fully saturated rings. The Kier molecular flexibility index (Phi) is 8.81. The molecule has 5 heteroatoms. The van der Waals surface area contributed by atoms with E-state index in [1.807, 2.05) is 18.2 Å². The number of halogens is 1. The van der Waals surface area contributed by atoms with Crippen molar-refractivity contribution in [3.63, 3.8) is 0 Å². The van der Waals surface area contributed by atoms with Gasteiger partial charge in [0.2, 0.25) is 0 Å². The van der Waals surface area contributed by atoms with Crippen molar-refractivity contribution in [3.8, 4) is 5.75 Å². The van der Waals surface area contributed by atoms with Crippen LogP contribution in [0.3, 0.4) is 0 Å². The van der Waals surface area contributed by atoms with E-state index in [2.05, 4.69) is 41.4 Å². The van der Waals surface area contributed by atoms with E-state index >= 15 is 0 Å². The van der Waals surface area contributed by atoms with Gasteiger partial charge < -0.3 is 10.1 Å². The molecule has 2 aromatic rings. The highest BCUT2D eigenvalue weighted by molar-refractivity contribution is 5.94. The lowest BCUT2D eigenvalue weighted by Gasteiger charge is -2.31. The van der Waals surface area contributed by atoms with E-state index < -0.39 is 0 Å². The van der Waals surface area contributed by atoms with Crippen LogP contribution in [0.5, 0.6) is 5.75 Å². The summed E-state index contributed by atoms with van der Waals surface area (Å²) in [5, 5.41) is 3.15. The van der Waals surface area contributed by atoms with Crippen LogP contribution in [0.25, 0.3) is 0 Å². The van der Waals surface area contributed by atoms with Gasteiger partial charge in [0.1, 0.15) is 5.75 Å². The maximum absolute atomic E-state index is 12.7. The monoisotopic (exact) mass is 402 g/mol. The molecule has 0 aliphatic carbocycles. The Bertz CT molecular complexity index is 741. The predicted molar refractivity (Wildman–Crippen MR) is 117 cm³/mol. The molecule has 152 valence electrons. The van der Waals surface area contributed by atoms with E-state index in [0.717, 1.165) is 13.1 Å². The van der Waals surface area contributed by atoms with Gasteiger partial charge in [-0.1, -0.05) is 48.7 Å². The summed E-state index contributed by atoms with van der Waals surface area (Å²) in [7, 11) is 1.61. The Labute approximate surface area is 174 Å². The lowest BCUT2D eigenvalue weighted by molar-refractivity contribution is 0.0933. The molecular formula is C23H31ClN2O2. The number of hydrogen-bond acceptors (Lipinski definition) is 3. The van der Waals surface area contributed by atoms with Crippen molar-refractivity contribution in [3.05, 3.63) is 65.2 Å². The quantitative estimate of drug-likeness (QED) is 0.756. The number of ether oxygens (including phenoxy) is 1. The fraction of sp³-hybridized carbons (Fsp3) is 0.435. The molecule has 0 radical (unpaired) electrons. The maximum Gasteiger partial charge on any atom is 0.251 e. The SMILES string of the molecule is COc1cccc(C(=O)NCC(c2ccc(C)cc2)N2CCCCCC2)c1.Cl. The standard InChI is InChI=1S/C23H30N2O2.ClH/c1-18-10-12-19(13-11-18)22(25-14-5-3-4-6-15-25)17-24-23(26)20-8-7-9-21(16-20)27-2;/h7-13,16,22H,3-6,14-15,17H2,1-2H3,(H,24,26);1H. The van der Waals surface area contributed by atoms with Gasteiger partial charge in [-0.2, -0.15) is 0 Å². The molecule has 1 aliphatic heterocycles. The molecule has 1 aliphatic rings. The number of amides is 1. The van der Waals surface area contributed by atoms with Crippen molar-refractivity contribution in [2.75, 3.05) is 26.7 Å². The normalized spacial score (nSPS) is 15.8. The molecule has 0 spiro atoms. The second kappa shape index (κ2) is 11.1. The van der Waals surface area contributed by atoms with Crippen LogP contribution in [0.2, 0.25) is 0 Å². The predicted octanol–water partition coefficient (Wildman–Crippen LogP) is 4.77. The first kappa shape index (κ1) is 22.3. The number of likely N-dealkylation sites (tertiary alicyclic amines) is 1. The van der Waals surface area contributed by atoms with Crippen LogP contribution in [0.1, 0.15) is 53.2 Å². The fourth-order valence-corrected chi connectivity index (χ4v) is 3.71. The van der Waals surface area contributed by atoms with Gasteiger partial charge in [-0.05, 0) is 56.6 Å². The summed E-state index contributed by atoms with van der Waals surface area (Å²) < 4.78 is 5.23. The van der Waals surface area contributed by atoms with Gasteiger partial charge in [-0.15, -0.1) is 12.4 Å². The number of rotatable bonds is 6. The first-order valence-electron chi connectivity index (χ1n) is 9.90. The highest BCUT2D eigenvalue weighted by Gasteiger charge is 2.22. The van der Waals surface area contributed by atoms with Crippen molar-refractivity contribution >= 4 is 18.3 Å². The summed E-state index contributed by atoms with van der Waals surface area (Å²) in [5.41, 5.74) is 3.16. The summed E-state index contributed by atoms with van der Waals surface area (Å²) in [6.07, 6.45) is 5.05. The number of nitrogens with one attached hydrogen (secondary N) is 1. The molecule has 0 bridgehead atoms. The number of carbonyl (C=O) groups is 1. The smallest absolute Gasteiger partial charge is 0.251 e. The first-order chi connectivity index (χ1) is 13.2. The average Bonchev–Trinajstić information content (AvgIpc) is 2.99. The summed E-state index contributed by atoms with van der Waals surface area (Å²) in [6, 6.07) is 16.2. The molecule has 1 amide bonds. The van der Waals surface area contributed by atoms with Crippen molar-refractivity contribution in [2.24, 2.45) is 0 Å². The lowest BCUT2D eigenvalue weighted by atomic mass is 10.0. The Balaban J connectivity index is 0.00000280. The van der Waals surface area contributed by atoms with E-state index in [1.54, 1.807) is 13.2 Å². The molecule has 0 saturated carbocycles. The second-order valence-corrected chi connectivity index (χ2v) is 7.32. The highest BCUT2D eigenvalue weighted by Crippen LogP contribution is 2.24. The molecule has 1 unspecified atom stereocenters. The van der Waals surface area contributed by atoms with Gasteiger partial charge >= 0.3 is 0 Å². The third kappa shape index (κ3) is 5.98. The van der Waals surface area contributed by atoms with Crippen LogP contribution in [-0.2, 0) is 0 Å². The van der Waals surface area contributed by atoms with Crippen LogP contribution < -0.4 is 10.1 Å². The van der Waals surface area contributed by atoms with Crippen LogP contribution >= 0.6 is 12.4 Å². The first-order valence-corrected chi connectivity index (χ1v) is 9.90. The van der Waals surface area contributed by atoms with Crippen molar-refractivity contribution in [1.82, 2.24) is 10.2 Å². The number of carbonyl (C=O) groups excluding carboxylic acids is 1. The summed E-state index contributed by atoms with van der Waals surface area (Å²) in [4.78, 5) is 15.2. The zero-order valence-electron chi connectivity index (χ0n) is 16.8. The van der Waals surface area contributed by atoms with E-state index in [0.29, 0.717) is 17.9 Å². The van der Waals surface area contributed by atoms with Gasteiger partial charge in [0.15, 0.2) is 0 Å². The molecular weight excluding hydrogens is 372 g/mol. The Morgan fingerprint density at radius 3 is 2.39 bits per heavy atom. The molecule has 4 nitrogen and oxygen atoms in total. The number of nitrogens with zero attached hydrogens (tertiary/aromatic N) is 1. The molecule has 2 aromatic carbocycles. The molecule has 1 saturated heterocycles. The van der Waals surface area contributed by atoms with Crippen LogP contribution in [-0.4, -0.2) is 37.6 Å². The van der Waals surface area contributed by atoms with E-state index in [9.17, 15) is 4.79 Å². The third-order valence-electron chi connectivity index (χ3n) is 5.33. The Morgan fingerprint density at radius 1 is 1.07 bits per heavy atom. The van der Waals surface area contributed by atoms with Gasteiger partial charge in [0.25, 0.3) is 5.91 Å². The molecule has 3 rings (SSSR count). The van der Waals surface area contributed by atoms with Crippen LogP contribution in [0, 0.1) is 6.92 Å².